The molecule has 0 bridgehead atoms. The Hall–Kier alpha value is -1.36. The molecule has 0 spiro atoms. The van der Waals surface area contributed by atoms with Crippen LogP contribution in [0.15, 0.2) is 28.7 Å². The minimum absolute atomic E-state index is 0.0200. The van der Waals surface area contributed by atoms with E-state index in [0.717, 1.165) is 16.5 Å². The number of hydrogen-bond acceptors (Lipinski definition) is 2. The molecule has 0 aliphatic rings. The van der Waals surface area contributed by atoms with Crippen molar-refractivity contribution in [1.29, 1.82) is 0 Å². The van der Waals surface area contributed by atoms with Crippen molar-refractivity contribution in [2.24, 2.45) is 0 Å². The van der Waals surface area contributed by atoms with Gasteiger partial charge in [0.1, 0.15) is 0 Å². The molecule has 0 fully saturated rings. The summed E-state index contributed by atoms with van der Waals surface area (Å²) in [5.41, 5.74) is 1.15. The maximum Gasteiger partial charge on any atom is 0.239 e. The van der Waals surface area contributed by atoms with E-state index in [1.54, 1.807) is 7.05 Å². The number of nitrogens with zero attached hydrogens (tertiary/aromatic N) is 1. The molecule has 0 saturated carbocycles. The lowest BCUT2D eigenvalue weighted by Crippen LogP contribution is -2.41. The molecule has 0 aromatic heterocycles. The summed E-state index contributed by atoms with van der Waals surface area (Å²) in [5.74, 6) is -0.258. The van der Waals surface area contributed by atoms with Crippen LogP contribution in [0.4, 0.5) is 0 Å². The van der Waals surface area contributed by atoms with Gasteiger partial charge in [-0.25, -0.2) is 0 Å². The molecule has 0 heterocycles. The Morgan fingerprint density at radius 3 is 2.58 bits per heavy atom. The zero-order valence-electron chi connectivity index (χ0n) is 11.4. The van der Waals surface area contributed by atoms with Gasteiger partial charge >= 0.3 is 0 Å². The first-order chi connectivity index (χ1) is 8.90. The highest BCUT2D eigenvalue weighted by Gasteiger charge is 2.12. The van der Waals surface area contributed by atoms with E-state index in [1.807, 2.05) is 31.2 Å². The predicted molar refractivity (Wildman–Crippen MR) is 78.8 cm³/mol. The Kier molecular flexibility index (Phi) is 6.02. The average Bonchev–Trinajstić information content (AvgIpc) is 2.31. The summed E-state index contributed by atoms with van der Waals surface area (Å²) in [7, 11) is 1.61. The first-order valence-corrected chi connectivity index (χ1v) is 6.94. The fourth-order valence-corrected chi connectivity index (χ4v) is 2.14. The highest BCUT2D eigenvalue weighted by atomic mass is 79.9. The van der Waals surface area contributed by atoms with Gasteiger partial charge in [0.15, 0.2) is 0 Å². The van der Waals surface area contributed by atoms with E-state index in [-0.39, 0.29) is 24.4 Å². The van der Waals surface area contributed by atoms with E-state index in [4.69, 9.17) is 0 Å². The van der Waals surface area contributed by atoms with Crippen molar-refractivity contribution in [1.82, 2.24) is 10.2 Å². The molecule has 1 rings (SSSR count). The van der Waals surface area contributed by atoms with Crippen LogP contribution in [0.25, 0.3) is 0 Å². The number of hydrogen-bond donors (Lipinski definition) is 1. The van der Waals surface area contributed by atoms with Crippen molar-refractivity contribution in [2.75, 3.05) is 13.6 Å². The Morgan fingerprint density at radius 1 is 1.37 bits per heavy atom. The quantitative estimate of drug-likeness (QED) is 0.899. The van der Waals surface area contributed by atoms with E-state index in [0.29, 0.717) is 0 Å². The zero-order chi connectivity index (χ0) is 14.4. The molecule has 0 aliphatic heterocycles. The van der Waals surface area contributed by atoms with Crippen molar-refractivity contribution < 1.29 is 9.59 Å². The Balaban J connectivity index is 2.47. The molecule has 0 saturated heterocycles. The number of nitrogens with one attached hydrogen (secondary N) is 1. The van der Waals surface area contributed by atoms with Crippen LogP contribution in [0.2, 0.25) is 0 Å². The maximum absolute atomic E-state index is 11.7. The van der Waals surface area contributed by atoms with E-state index in [9.17, 15) is 9.59 Å². The van der Waals surface area contributed by atoms with Crippen molar-refractivity contribution in [3.05, 3.63) is 34.3 Å². The summed E-state index contributed by atoms with van der Waals surface area (Å²) >= 11 is 3.48. The fourth-order valence-electron chi connectivity index (χ4n) is 1.69. The molecule has 1 atom stereocenters. The summed E-state index contributed by atoms with van der Waals surface area (Å²) in [4.78, 5) is 24.2. The van der Waals surface area contributed by atoms with Gasteiger partial charge in [-0.1, -0.05) is 34.1 Å². The normalized spacial score (nSPS) is 11.8. The van der Waals surface area contributed by atoms with Crippen LogP contribution in [0.5, 0.6) is 0 Å². The molecule has 5 heteroatoms. The first-order valence-electron chi connectivity index (χ1n) is 6.14. The minimum atomic E-state index is -0.141. The van der Waals surface area contributed by atoms with Crippen molar-refractivity contribution in [2.45, 2.75) is 26.3 Å². The van der Waals surface area contributed by atoms with Crippen molar-refractivity contribution in [3.63, 3.8) is 0 Å². The van der Waals surface area contributed by atoms with Crippen LogP contribution in [-0.2, 0) is 16.0 Å². The largest absolute Gasteiger partial charge is 0.352 e. The molecule has 0 aliphatic carbocycles. The smallest absolute Gasteiger partial charge is 0.239 e. The second-order valence-corrected chi connectivity index (χ2v) is 5.49. The Labute approximate surface area is 122 Å². The molecule has 0 radical (unpaired) electrons. The van der Waals surface area contributed by atoms with Crippen LogP contribution in [0.1, 0.15) is 19.4 Å². The van der Waals surface area contributed by atoms with Crippen LogP contribution in [0.3, 0.4) is 0 Å². The van der Waals surface area contributed by atoms with Gasteiger partial charge in [0.05, 0.1) is 6.54 Å². The number of rotatable bonds is 5. The molecule has 4 nitrogen and oxygen atoms in total. The molecule has 104 valence electrons. The molecule has 19 heavy (non-hydrogen) atoms. The molecular formula is C14H19BrN2O2. The van der Waals surface area contributed by atoms with Crippen molar-refractivity contribution in [3.8, 4) is 0 Å². The molecule has 1 N–H and O–H groups in total. The highest BCUT2D eigenvalue weighted by Crippen LogP contribution is 2.17. The van der Waals surface area contributed by atoms with Gasteiger partial charge in [-0.15, -0.1) is 0 Å². The monoisotopic (exact) mass is 326 g/mol. The second-order valence-electron chi connectivity index (χ2n) is 4.64. The molecule has 2 amide bonds. The SMILES string of the molecule is CC(=O)N(C)CC(=O)N[C@@H](C)Cc1ccccc1Br. The zero-order valence-corrected chi connectivity index (χ0v) is 13.0. The third-order valence-electron chi connectivity index (χ3n) is 2.81. The van der Waals surface area contributed by atoms with Crippen LogP contribution in [0, 0.1) is 0 Å². The third-order valence-corrected chi connectivity index (χ3v) is 3.58. The summed E-state index contributed by atoms with van der Waals surface area (Å²) in [6.07, 6.45) is 0.747. The summed E-state index contributed by atoms with van der Waals surface area (Å²) in [6.45, 7) is 3.48. The van der Waals surface area contributed by atoms with Crippen molar-refractivity contribution >= 4 is 27.7 Å². The number of likely N-dealkylation sites (N-methyl/N-ethyl adjacent to an activating group) is 1. The van der Waals surface area contributed by atoms with E-state index < -0.39 is 0 Å². The summed E-state index contributed by atoms with van der Waals surface area (Å²) in [6, 6.07) is 7.95. The van der Waals surface area contributed by atoms with Crippen LogP contribution >= 0.6 is 15.9 Å². The lowest BCUT2D eigenvalue weighted by atomic mass is 10.1. The van der Waals surface area contributed by atoms with Gasteiger partial charge in [-0.3, -0.25) is 9.59 Å². The minimum Gasteiger partial charge on any atom is -0.352 e. The van der Waals surface area contributed by atoms with Gasteiger partial charge in [-0.2, -0.15) is 0 Å². The number of benzene rings is 1. The number of carbonyl (C=O) groups is 2. The Bertz CT molecular complexity index is 463. The van der Waals surface area contributed by atoms with E-state index in [2.05, 4.69) is 21.2 Å². The lowest BCUT2D eigenvalue weighted by molar-refractivity contribution is -0.133. The first kappa shape index (κ1) is 15.7. The van der Waals surface area contributed by atoms with Gasteiger partial charge < -0.3 is 10.2 Å². The van der Waals surface area contributed by atoms with E-state index >= 15 is 0 Å². The highest BCUT2D eigenvalue weighted by molar-refractivity contribution is 9.10. The van der Waals surface area contributed by atoms with Gasteiger partial charge in [-0.05, 0) is 25.0 Å². The predicted octanol–water partition coefficient (Wildman–Crippen LogP) is 1.97. The Morgan fingerprint density at radius 2 is 2.00 bits per heavy atom. The standard InChI is InChI=1S/C14H19BrN2O2/c1-10(8-12-6-4-5-7-13(12)15)16-14(19)9-17(3)11(2)18/h4-7,10H,8-9H2,1-3H3,(H,16,19)/t10-/m0/s1. The molecule has 1 aromatic rings. The molecule has 1 aromatic carbocycles. The topological polar surface area (TPSA) is 49.4 Å². The van der Waals surface area contributed by atoms with Crippen LogP contribution < -0.4 is 5.32 Å². The number of amides is 2. The average molecular weight is 327 g/mol. The van der Waals surface area contributed by atoms with Gasteiger partial charge in [0.2, 0.25) is 11.8 Å². The maximum atomic E-state index is 11.7. The second kappa shape index (κ2) is 7.28. The van der Waals surface area contributed by atoms with Crippen LogP contribution in [-0.4, -0.2) is 36.3 Å². The third kappa shape index (κ3) is 5.42. The van der Waals surface area contributed by atoms with Gasteiger partial charge in [0, 0.05) is 24.5 Å². The number of carbonyl (C=O) groups excluding carboxylic acids is 2. The summed E-state index contributed by atoms with van der Waals surface area (Å²) in [5, 5.41) is 2.89. The molecule has 0 unspecified atom stereocenters. The fraction of sp³-hybridized carbons (Fsp3) is 0.429. The van der Waals surface area contributed by atoms with Gasteiger partial charge in [0.25, 0.3) is 0 Å². The summed E-state index contributed by atoms with van der Waals surface area (Å²) < 4.78 is 1.04. The van der Waals surface area contributed by atoms with E-state index in [1.165, 1.54) is 11.8 Å². The number of halogens is 1. The molecular weight excluding hydrogens is 308 g/mol. The lowest BCUT2D eigenvalue weighted by Gasteiger charge is -2.18.